The average molecular weight is 419 g/mol. The normalized spacial score (nSPS) is 23.1. The van der Waals surface area contributed by atoms with Crippen LogP contribution in [0.2, 0.25) is 0 Å². The molecule has 2 fully saturated rings. The van der Waals surface area contributed by atoms with Crippen LogP contribution in [0.3, 0.4) is 0 Å². The van der Waals surface area contributed by atoms with Crippen LogP contribution < -0.4 is 5.73 Å². The van der Waals surface area contributed by atoms with Gasteiger partial charge in [-0.25, -0.2) is 8.78 Å². The summed E-state index contributed by atoms with van der Waals surface area (Å²) in [6, 6.07) is 3.81. The third kappa shape index (κ3) is 4.25. The van der Waals surface area contributed by atoms with Gasteiger partial charge in [0.1, 0.15) is 11.4 Å². The molecular weight excluding hydrogens is 392 g/mol. The van der Waals surface area contributed by atoms with Crippen molar-refractivity contribution < 1.29 is 23.7 Å². The highest BCUT2D eigenvalue weighted by Gasteiger charge is 2.37. The van der Waals surface area contributed by atoms with Crippen LogP contribution in [-0.4, -0.2) is 32.6 Å². The van der Waals surface area contributed by atoms with E-state index in [-0.39, 0.29) is 29.6 Å². The molecule has 0 radical (unpaired) electrons. The molecule has 6 nitrogen and oxygen atoms in total. The largest absolute Gasteiger partial charge is 0.507 e. The first-order chi connectivity index (χ1) is 14.4. The van der Waals surface area contributed by atoms with E-state index in [9.17, 15) is 13.9 Å². The Labute approximate surface area is 174 Å². The molecule has 1 saturated carbocycles. The van der Waals surface area contributed by atoms with Gasteiger partial charge in [0.25, 0.3) is 6.43 Å². The number of benzene rings is 1. The van der Waals surface area contributed by atoms with E-state index in [2.05, 4.69) is 10.2 Å². The van der Waals surface area contributed by atoms with Gasteiger partial charge in [-0.05, 0) is 43.4 Å². The van der Waals surface area contributed by atoms with Crippen LogP contribution in [0.25, 0.3) is 11.3 Å². The third-order valence-electron chi connectivity index (χ3n) is 6.11. The first-order valence-corrected chi connectivity index (χ1v) is 10.5. The zero-order valence-electron chi connectivity index (χ0n) is 16.7. The Balaban J connectivity index is 0.000000265. The Morgan fingerprint density at radius 1 is 1.07 bits per heavy atom. The molecule has 30 heavy (non-hydrogen) atoms. The van der Waals surface area contributed by atoms with Crippen LogP contribution in [-0.2, 0) is 11.2 Å². The lowest BCUT2D eigenvalue weighted by molar-refractivity contribution is 0.0326. The number of hydrogen-bond acceptors (Lipinski definition) is 6. The topological polar surface area (TPSA) is 101 Å². The summed E-state index contributed by atoms with van der Waals surface area (Å²) < 4.78 is 31.4. The number of rotatable bonds is 2. The predicted octanol–water partition coefficient (Wildman–Crippen LogP) is 4.46. The summed E-state index contributed by atoms with van der Waals surface area (Å²) in [5.74, 6) is 0.0979. The molecule has 4 N–H and O–H groups in total. The number of nitrogens with zero attached hydrogens (tertiary/aromatic N) is 2. The summed E-state index contributed by atoms with van der Waals surface area (Å²) in [7, 11) is 0. The van der Waals surface area contributed by atoms with Crippen molar-refractivity contribution in [3.8, 4) is 17.0 Å². The van der Waals surface area contributed by atoms with E-state index in [0.29, 0.717) is 23.5 Å². The minimum Gasteiger partial charge on any atom is -0.507 e. The van der Waals surface area contributed by atoms with E-state index in [1.54, 1.807) is 0 Å². The molecule has 0 spiro atoms. The van der Waals surface area contributed by atoms with Crippen molar-refractivity contribution in [1.82, 2.24) is 10.2 Å². The Bertz CT molecular complexity index is 903. The Kier molecular flexibility index (Phi) is 6.15. The summed E-state index contributed by atoms with van der Waals surface area (Å²) >= 11 is 0. The van der Waals surface area contributed by atoms with Gasteiger partial charge in [0, 0.05) is 23.1 Å². The van der Waals surface area contributed by atoms with E-state index in [1.807, 2.05) is 0 Å². The molecule has 0 amide bonds. The number of ether oxygens (including phenoxy) is 1. The van der Waals surface area contributed by atoms with E-state index in [1.165, 1.54) is 31.4 Å². The van der Waals surface area contributed by atoms with Crippen LogP contribution in [0, 0.1) is 0 Å². The van der Waals surface area contributed by atoms with E-state index >= 15 is 0 Å². The highest BCUT2D eigenvalue weighted by atomic mass is 19.3. The molecule has 3 aliphatic rings. The maximum absolute atomic E-state index is 12.7. The molecule has 0 unspecified atom stereocenters. The van der Waals surface area contributed by atoms with Crippen molar-refractivity contribution in [2.24, 2.45) is 0 Å². The van der Waals surface area contributed by atoms with Gasteiger partial charge in [0.15, 0.2) is 5.82 Å². The number of halogens is 2. The number of nitrogen functional groups attached to an aromatic ring is 1. The predicted molar refractivity (Wildman–Crippen MR) is 108 cm³/mol. The van der Waals surface area contributed by atoms with Gasteiger partial charge < -0.3 is 20.7 Å². The quantitative estimate of drug-likeness (QED) is 0.665. The number of aromatic hydroxyl groups is 1. The maximum Gasteiger partial charge on any atom is 0.263 e. The van der Waals surface area contributed by atoms with Gasteiger partial charge >= 0.3 is 0 Å². The summed E-state index contributed by atoms with van der Waals surface area (Å²) in [4.78, 5) is 0. The van der Waals surface area contributed by atoms with Crippen LogP contribution in [0.4, 0.5) is 14.6 Å². The molecule has 1 aromatic heterocycles. The molecule has 2 aromatic rings. The smallest absolute Gasteiger partial charge is 0.263 e. The zero-order valence-corrected chi connectivity index (χ0v) is 16.7. The Hall–Kier alpha value is -2.32. The number of aliphatic hydroxyl groups excluding tert-OH is 1. The van der Waals surface area contributed by atoms with Crippen molar-refractivity contribution in [2.75, 3.05) is 5.73 Å². The van der Waals surface area contributed by atoms with Gasteiger partial charge in [-0.3, -0.25) is 0 Å². The number of hydrogen-bond donors (Lipinski definition) is 3. The number of aromatic nitrogens is 2. The molecule has 1 aliphatic carbocycles. The Morgan fingerprint density at radius 3 is 2.47 bits per heavy atom. The highest BCUT2D eigenvalue weighted by molar-refractivity contribution is 5.73. The van der Waals surface area contributed by atoms with Gasteiger partial charge in [-0.2, -0.15) is 0 Å². The van der Waals surface area contributed by atoms with E-state index in [0.717, 1.165) is 42.9 Å². The summed E-state index contributed by atoms with van der Waals surface area (Å²) in [5, 5.41) is 27.1. The third-order valence-corrected chi connectivity index (χ3v) is 6.11. The van der Waals surface area contributed by atoms with Crippen molar-refractivity contribution in [1.29, 1.82) is 0 Å². The fourth-order valence-corrected chi connectivity index (χ4v) is 4.54. The number of phenolic OH excluding ortho intramolecular Hbond substituents is 1. The number of alkyl halides is 2. The standard InChI is InChI=1S/C16H15F2N3O2.C6H12O/c17-15(18)7-1-3-9(11(22)5-7)14-10-6-8-2-4-12(23-8)13(10)16(19)21-20-14;7-6-4-2-1-3-5-6/h1,3,5,8,12,15,22H,2,4,6H2,(H2,19,21);6-7H,1-5H2/t8-,12+;/m0./s1. The number of fused-ring (bicyclic) bond motifs is 4. The highest BCUT2D eigenvalue weighted by Crippen LogP contribution is 2.46. The van der Waals surface area contributed by atoms with Crippen LogP contribution in [0.15, 0.2) is 18.2 Å². The fourth-order valence-electron chi connectivity index (χ4n) is 4.54. The van der Waals surface area contributed by atoms with Crippen LogP contribution >= 0.6 is 0 Å². The molecular formula is C22H27F2N3O3. The Morgan fingerprint density at radius 2 is 1.83 bits per heavy atom. The first kappa shape index (κ1) is 20.9. The van der Waals surface area contributed by atoms with Gasteiger partial charge in [0.2, 0.25) is 0 Å². The average Bonchev–Trinajstić information content (AvgIpc) is 3.10. The molecule has 2 bridgehead atoms. The van der Waals surface area contributed by atoms with E-state index in [4.69, 9.17) is 15.6 Å². The van der Waals surface area contributed by atoms with E-state index < -0.39 is 6.43 Å². The molecule has 1 saturated heterocycles. The summed E-state index contributed by atoms with van der Waals surface area (Å²) in [5.41, 5.74) is 8.33. The summed E-state index contributed by atoms with van der Waals surface area (Å²) in [6.07, 6.45) is 5.76. The van der Waals surface area contributed by atoms with Crippen molar-refractivity contribution in [2.45, 2.75) is 76.1 Å². The molecule has 8 heteroatoms. The lowest BCUT2D eigenvalue weighted by Crippen LogP contribution is -2.21. The molecule has 3 heterocycles. The summed E-state index contributed by atoms with van der Waals surface area (Å²) in [6.45, 7) is 0. The lowest BCUT2D eigenvalue weighted by Gasteiger charge is -2.26. The van der Waals surface area contributed by atoms with Crippen molar-refractivity contribution in [3.63, 3.8) is 0 Å². The second-order valence-electron chi connectivity index (χ2n) is 8.22. The molecule has 162 valence electrons. The number of nitrogens with two attached hydrogens (primary N) is 1. The van der Waals surface area contributed by atoms with Gasteiger partial charge in [-0.15, -0.1) is 10.2 Å². The molecule has 5 rings (SSSR count). The first-order valence-electron chi connectivity index (χ1n) is 10.5. The number of anilines is 1. The van der Waals surface area contributed by atoms with Crippen molar-refractivity contribution >= 4 is 5.82 Å². The fraction of sp³-hybridized carbons (Fsp3) is 0.545. The van der Waals surface area contributed by atoms with Gasteiger partial charge in [0.05, 0.1) is 18.3 Å². The SMILES string of the molecule is Nc1nnc(-c2ccc(C(F)F)cc2O)c2c1[C@H]1CC[C@@H](C2)O1.OC1CCCCC1. The van der Waals surface area contributed by atoms with Crippen LogP contribution in [0.1, 0.15) is 74.2 Å². The van der Waals surface area contributed by atoms with Crippen LogP contribution in [0.5, 0.6) is 5.75 Å². The second kappa shape index (κ2) is 8.81. The van der Waals surface area contributed by atoms with Gasteiger partial charge in [-0.1, -0.05) is 25.3 Å². The van der Waals surface area contributed by atoms with Crippen molar-refractivity contribution in [3.05, 3.63) is 34.9 Å². The lowest BCUT2D eigenvalue weighted by atomic mass is 9.93. The molecule has 2 atom stereocenters. The minimum atomic E-state index is -2.63. The molecule has 1 aromatic carbocycles. The monoisotopic (exact) mass is 419 g/mol. The zero-order chi connectivity index (χ0) is 21.3. The number of phenols is 1. The second-order valence-corrected chi connectivity index (χ2v) is 8.22. The molecule has 2 aliphatic heterocycles. The number of aliphatic hydroxyl groups is 1. The maximum atomic E-state index is 12.7. The minimum absolute atomic E-state index is 0.0359.